The normalized spacial score (nSPS) is 30.3. The Hall–Kier alpha value is -2.77. The highest BCUT2D eigenvalue weighted by Gasteiger charge is 2.39. The largest absolute Gasteiger partial charge is 0.396 e. The second kappa shape index (κ2) is 5.70. The highest BCUT2D eigenvalue weighted by atomic mass is 19.1. The molecule has 0 aliphatic carbocycles. The molecule has 0 saturated carbocycles. The lowest BCUT2D eigenvalue weighted by Gasteiger charge is -2.30. The van der Waals surface area contributed by atoms with Crippen LogP contribution in [0.4, 0.5) is 4.39 Å². The van der Waals surface area contributed by atoms with Gasteiger partial charge in [0.1, 0.15) is 6.04 Å². The van der Waals surface area contributed by atoms with Crippen LogP contribution in [-0.2, 0) is 19.2 Å². The average molecular weight is 293 g/mol. The first kappa shape index (κ1) is 14.6. The van der Waals surface area contributed by atoms with Gasteiger partial charge in [-0.05, 0) is 12.5 Å². The fraction of sp³-hybridized carbons (Fsp3) is 0.231. The molecule has 4 amide bonds. The van der Waals surface area contributed by atoms with E-state index in [-0.39, 0.29) is 12.8 Å². The van der Waals surface area contributed by atoms with Crippen molar-refractivity contribution in [1.29, 1.82) is 0 Å². The molecule has 8 heteroatoms. The maximum absolute atomic E-state index is 13.9. The Bertz CT molecular complexity index is 621. The Morgan fingerprint density at radius 1 is 1.19 bits per heavy atom. The van der Waals surface area contributed by atoms with Crippen LogP contribution in [0, 0.1) is 0 Å². The lowest BCUT2D eigenvalue weighted by atomic mass is 10.0. The van der Waals surface area contributed by atoms with Gasteiger partial charge in [0.25, 0.3) is 11.8 Å². The summed E-state index contributed by atoms with van der Waals surface area (Å²) < 4.78 is 13.9. The smallest absolute Gasteiger partial charge is 0.292 e. The Kier molecular flexibility index (Phi) is 3.97. The Morgan fingerprint density at radius 3 is 2.52 bits per heavy atom. The molecule has 0 radical (unpaired) electrons. The molecule has 7 nitrogen and oxygen atoms in total. The number of hydrogen-bond acceptors (Lipinski definition) is 5. The minimum atomic E-state index is -1.33. The highest BCUT2D eigenvalue weighted by molar-refractivity contribution is 6.12. The number of carbonyl (C=O) groups excluding carboxylic acids is 4. The van der Waals surface area contributed by atoms with Gasteiger partial charge in [-0.2, -0.15) is 4.39 Å². The summed E-state index contributed by atoms with van der Waals surface area (Å²) in [6, 6.07) is -1.25. The Balaban J connectivity index is 2.41. The van der Waals surface area contributed by atoms with Crippen molar-refractivity contribution in [2.24, 2.45) is 5.73 Å². The summed E-state index contributed by atoms with van der Waals surface area (Å²) >= 11 is 0. The van der Waals surface area contributed by atoms with Gasteiger partial charge in [-0.3, -0.25) is 29.4 Å². The van der Waals surface area contributed by atoms with Crippen molar-refractivity contribution in [2.75, 3.05) is 0 Å². The second-order valence-corrected chi connectivity index (χ2v) is 4.47. The van der Waals surface area contributed by atoms with Gasteiger partial charge in [0.15, 0.2) is 0 Å². The van der Waals surface area contributed by atoms with E-state index in [1.807, 2.05) is 5.32 Å². The minimum Gasteiger partial charge on any atom is -0.396 e. The summed E-state index contributed by atoms with van der Waals surface area (Å²) in [6.45, 7) is 0. The van der Waals surface area contributed by atoms with E-state index in [2.05, 4.69) is 0 Å². The van der Waals surface area contributed by atoms with Gasteiger partial charge in [-0.1, -0.05) is 12.2 Å². The van der Waals surface area contributed by atoms with E-state index in [4.69, 9.17) is 5.73 Å². The van der Waals surface area contributed by atoms with Crippen LogP contribution in [0.5, 0.6) is 0 Å². The second-order valence-electron chi connectivity index (χ2n) is 4.47. The van der Waals surface area contributed by atoms with Gasteiger partial charge in [-0.15, -0.1) is 0 Å². The fourth-order valence-electron chi connectivity index (χ4n) is 2.00. The molecule has 110 valence electrons. The van der Waals surface area contributed by atoms with Crippen LogP contribution >= 0.6 is 0 Å². The third-order valence-corrected chi connectivity index (χ3v) is 3.04. The molecular weight excluding hydrogens is 281 g/mol. The summed E-state index contributed by atoms with van der Waals surface area (Å²) in [4.78, 5) is 47.4. The van der Waals surface area contributed by atoms with Crippen molar-refractivity contribution in [3.63, 3.8) is 0 Å². The molecule has 2 heterocycles. The number of amides is 4. The number of piperidine rings is 1. The first-order valence-corrected chi connectivity index (χ1v) is 6.13. The number of hydrogen-bond donors (Lipinski definition) is 2. The third-order valence-electron chi connectivity index (χ3n) is 3.04. The molecule has 1 atom stereocenters. The van der Waals surface area contributed by atoms with Gasteiger partial charge in [0.05, 0.1) is 5.70 Å². The van der Waals surface area contributed by atoms with Crippen LogP contribution in [0.25, 0.3) is 0 Å². The molecule has 1 unspecified atom stereocenters. The Morgan fingerprint density at radius 2 is 1.86 bits per heavy atom. The van der Waals surface area contributed by atoms with E-state index in [9.17, 15) is 23.6 Å². The van der Waals surface area contributed by atoms with E-state index < -0.39 is 41.2 Å². The molecule has 2 rings (SSSR count). The summed E-state index contributed by atoms with van der Waals surface area (Å²) in [5.41, 5.74) is 4.92. The zero-order valence-corrected chi connectivity index (χ0v) is 10.8. The molecule has 1 saturated heterocycles. The van der Waals surface area contributed by atoms with Gasteiger partial charge in [0, 0.05) is 12.5 Å². The lowest BCUT2D eigenvalue weighted by Crippen LogP contribution is -2.56. The van der Waals surface area contributed by atoms with E-state index in [1.165, 1.54) is 12.2 Å². The number of rotatable bonds is 1. The molecule has 0 aromatic rings. The van der Waals surface area contributed by atoms with Crippen molar-refractivity contribution in [2.45, 2.75) is 18.9 Å². The average Bonchev–Trinajstić information content (AvgIpc) is 2.47. The predicted octanol–water partition coefficient (Wildman–Crippen LogP) is -0.587. The number of nitrogens with two attached hydrogens (primary N) is 1. The summed E-state index contributed by atoms with van der Waals surface area (Å²) in [5.74, 6) is -4.81. The van der Waals surface area contributed by atoms with E-state index in [1.54, 1.807) is 0 Å². The van der Waals surface area contributed by atoms with Gasteiger partial charge < -0.3 is 5.73 Å². The molecule has 0 aromatic carbocycles. The molecule has 2 aliphatic rings. The predicted molar refractivity (Wildman–Crippen MR) is 68.6 cm³/mol. The summed E-state index contributed by atoms with van der Waals surface area (Å²) in [7, 11) is 0. The van der Waals surface area contributed by atoms with E-state index >= 15 is 0 Å². The zero-order chi connectivity index (χ0) is 15.6. The van der Waals surface area contributed by atoms with E-state index in [0.717, 1.165) is 12.2 Å². The van der Waals surface area contributed by atoms with Crippen LogP contribution in [0.1, 0.15) is 12.8 Å². The molecule has 0 bridgehead atoms. The quantitative estimate of drug-likeness (QED) is 0.628. The number of allylic oxidation sites excluding steroid dienone is 3. The van der Waals surface area contributed by atoms with Crippen molar-refractivity contribution < 1.29 is 23.6 Å². The molecular formula is C13H12FN3O4. The van der Waals surface area contributed by atoms with Crippen molar-refractivity contribution in [3.8, 4) is 0 Å². The van der Waals surface area contributed by atoms with Crippen LogP contribution in [0.15, 0.2) is 35.8 Å². The molecule has 0 spiro atoms. The standard InChI is InChI=1S/C13H12FN3O4/c14-11-7(15)3-1-2-4-10(19)17(13(11)21)8-5-6-9(18)16-12(8)20/h1-4,8H,5-6,15H2,(H,16,18,20)/b3-1-,4-2+,11-7+. The number of carbonyl (C=O) groups is 4. The van der Waals surface area contributed by atoms with Crippen LogP contribution < -0.4 is 11.1 Å². The molecule has 1 fully saturated rings. The maximum atomic E-state index is 13.9. The topological polar surface area (TPSA) is 110 Å². The summed E-state index contributed by atoms with van der Waals surface area (Å²) in [5, 5.41) is 2.01. The van der Waals surface area contributed by atoms with Crippen molar-refractivity contribution in [3.05, 3.63) is 35.8 Å². The summed E-state index contributed by atoms with van der Waals surface area (Å²) in [6.07, 6.45) is 4.62. The zero-order valence-electron chi connectivity index (χ0n) is 10.8. The van der Waals surface area contributed by atoms with Gasteiger partial charge in [0.2, 0.25) is 17.6 Å². The number of nitrogens with one attached hydrogen (secondary N) is 1. The highest BCUT2D eigenvalue weighted by Crippen LogP contribution is 2.18. The van der Waals surface area contributed by atoms with Crippen LogP contribution in [-0.4, -0.2) is 34.6 Å². The molecule has 0 aromatic heterocycles. The van der Waals surface area contributed by atoms with Crippen molar-refractivity contribution >= 4 is 23.6 Å². The first-order valence-electron chi connectivity index (χ1n) is 6.13. The maximum Gasteiger partial charge on any atom is 0.292 e. The number of halogens is 1. The lowest BCUT2D eigenvalue weighted by molar-refractivity contribution is -0.151. The van der Waals surface area contributed by atoms with Gasteiger partial charge >= 0.3 is 0 Å². The molecule has 3 N–H and O–H groups in total. The minimum absolute atomic E-state index is 0.0454. The third kappa shape index (κ3) is 2.88. The molecule has 2 aliphatic heterocycles. The molecule has 21 heavy (non-hydrogen) atoms. The van der Waals surface area contributed by atoms with Crippen molar-refractivity contribution in [1.82, 2.24) is 10.2 Å². The fourth-order valence-corrected chi connectivity index (χ4v) is 2.00. The van der Waals surface area contributed by atoms with E-state index in [0.29, 0.717) is 4.90 Å². The number of imide groups is 2. The van der Waals surface area contributed by atoms with Crippen LogP contribution in [0.3, 0.4) is 0 Å². The Labute approximate surface area is 118 Å². The van der Waals surface area contributed by atoms with Crippen LogP contribution in [0.2, 0.25) is 0 Å². The first-order chi connectivity index (χ1) is 9.91. The monoisotopic (exact) mass is 293 g/mol. The number of nitrogens with zero attached hydrogens (tertiary/aromatic N) is 1. The SMILES string of the molecule is NC1=C(/F)C(=O)N(C2CCC(=O)NC2=O)C(=O)/C=C/C=C\1. The van der Waals surface area contributed by atoms with Gasteiger partial charge in [-0.25, -0.2) is 0 Å².